The normalized spacial score (nSPS) is 10.4. The van der Waals surface area contributed by atoms with E-state index in [0.717, 1.165) is 5.69 Å². The number of nitrogens with one attached hydrogen (secondary N) is 1. The molecule has 0 radical (unpaired) electrons. The van der Waals surface area contributed by atoms with E-state index in [4.69, 9.17) is 5.73 Å². The second kappa shape index (κ2) is 6.65. The Balaban J connectivity index is 1.99. The predicted octanol–water partition coefficient (Wildman–Crippen LogP) is 0.252. The number of hydrogen-bond donors (Lipinski definition) is 2. The van der Waals surface area contributed by atoms with E-state index < -0.39 is 0 Å². The smallest absolute Gasteiger partial charge is 0.268 e. The van der Waals surface area contributed by atoms with Crippen LogP contribution in [0.1, 0.15) is 5.69 Å². The van der Waals surface area contributed by atoms with Gasteiger partial charge in [-0.1, -0.05) is 6.07 Å². The Morgan fingerprint density at radius 3 is 2.95 bits per heavy atom. The van der Waals surface area contributed by atoms with Crippen LogP contribution in [0.25, 0.3) is 0 Å². The van der Waals surface area contributed by atoms with Crippen LogP contribution in [0, 0.1) is 0 Å². The van der Waals surface area contributed by atoms with Crippen molar-refractivity contribution < 1.29 is 0 Å². The van der Waals surface area contributed by atoms with E-state index in [1.807, 2.05) is 18.2 Å². The van der Waals surface area contributed by atoms with Crippen molar-refractivity contribution in [2.24, 2.45) is 5.73 Å². The first-order valence-electron chi connectivity index (χ1n) is 6.20. The average molecular weight is 259 g/mol. The summed E-state index contributed by atoms with van der Waals surface area (Å²) in [5.74, 6) is 0. The van der Waals surface area contributed by atoms with Gasteiger partial charge in [-0.05, 0) is 12.1 Å². The summed E-state index contributed by atoms with van der Waals surface area (Å²) in [5.41, 5.74) is 6.90. The van der Waals surface area contributed by atoms with Crippen molar-refractivity contribution in [2.75, 3.05) is 18.4 Å². The lowest BCUT2D eigenvalue weighted by Crippen LogP contribution is -2.24. The highest BCUT2D eigenvalue weighted by atomic mass is 16.1. The first kappa shape index (κ1) is 13.2. The second-order valence-electron chi connectivity index (χ2n) is 4.09. The number of hydrogen-bond acceptors (Lipinski definition) is 5. The summed E-state index contributed by atoms with van der Waals surface area (Å²) in [7, 11) is 0. The van der Waals surface area contributed by atoms with Gasteiger partial charge in [0, 0.05) is 37.5 Å². The van der Waals surface area contributed by atoms with Crippen LogP contribution < -0.4 is 16.6 Å². The molecule has 0 aliphatic heterocycles. The first-order valence-corrected chi connectivity index (χ1v) is 6.20. The van der Waals surface area contributed by atoms with Crippen molar-refractivity contribution in [3.8, 4) is 0 Å². The van der Waals surface area contributed by atoms with Crippen LogP contribution in [0.3, 0.4) is 0 Å². The molecule has 0 fully saturated rings. The van der Waals surface area contributed by atoms with Crippen molar-refractivity contribution in [3.63, 3.8) is 0 Å². The molecule has 0 bridgehead atoms. The Morgan fingerprint density at radius 2 is 2.26 bits per heavy atom. The average Bonchev–Trinajstić information content (AvgIpc) is 2.45. The quantitative estimate of drug-likeness (QED) is 0.776. The third-order valence-corrected chi connectivity index (χ3v) is 2.65. The number of rotatable bonds is 6. The van der Waals surface area contributed by atoms with Crippen molar-refractivity contribution >= 4 is 5.69 Å². The van der Waals surface area contributed by atoms with Crippen LogP contribution >= 0.6 is 0 Å². The van der Waals surface area contributed by atoms with Gasteiger partial charge in [-0.2, -0.15) is 5.10 Å². The molecule has 0 aliphatic rings. The number of nitrogens with two attached hydrogens (primary N) is 1. The third-order valence-electron chi connectivity index (χ3n) is 2.65. The maximum Gasteiger partial charge on any atom is 0.268 e. The van der Waals surface area contributed by atoms with Gasteiger partial charge in [0.1, 0.15) is 0 Å². The molecule has 0 atom stereocenters. The molecule has 2 aromatic rings. The van der Waals surface area contributed by atoms with Gasteiger partial charge in [0.2, 0.25) is 0 Å². The SMILES string of the molecule is NCCNc1cnn(CCc2ccccn2)c(=O)c1. The van der Waals surface area contributed by atoms with Crippen LogP contribution in [0.15, 0.2) is 41.5 Å². The monoisotopic (exact) mass is 259 g/mol. The molecule has 2 heterocycles. The third kappa shape index (κ3) is 3.89. The van der Waals surface area contributed by atoms with Gasteiger partial charge >= 0.3 is 0 Å². The second-order valence-corrected chi connectivity index (χ2v) is 4.09. The van der Waals surface area contributed by atoms with Gasteiger partial charge in [-0.15, -0.1) is 0 Å². The van der Waals surface area contributed by atoms with E-state index in [-0.39, 0.29) is 5.56 Å². The number of aryl methyl sites for hydroxylation is 2. The van der Waals surface area contributed by atoms with E-state index in [2.05, 4.69) is 15.4 Å². The molecular weight excluding hydrogens is 242 g/mol. The van der Waals surface area contributed by atoms with E-state index in [0.29, 0.717) is 31.7 Å². The zero-order valence-electron chi connectivity index (χ0n) is 10.6. The molecule has 100 valence electrons. The maximum absolute atomic E-state index is 11.8. The van der Waals surface area contributed by atoms with Crippen molar-refractivity contribution in [1.29, 1.82) is 0 Å². The summed E-state index contributed by atoms with van der Waals surface area (Å²) < 4.78 is 1.43. The summed E-state index contributed by atoms with van der Waals surface area (Å²) in [6, 6.07) is 7.26. The Morgan fingerprint density at radius 1 is 1.37 bits per heavy atom. The van der Waals surface area contributed by atoms with E-state index >= 15 is 0 Å². The summed E-state index contributed by atoms with van der Waals surface area (Å²) in [6.45, 7) is 1.66. The Bertz CT molecular complexity index is 567. The first-order chi connectivity index (χ1) is 9.29. The molecule has 0 amide bonds. The molecule has 6 nitrogen and oxygen atoms in total. The number of nitrogens with zero attached hydrogens (tertiary/aromatic N) is 3. The topological polar surface area (TPSA) is 85.8 Å². The highest BCUT2D eigenvalue weighted by molar-refractivity contribution is 5.38. The summed E-state index contributed by atoms with van der Waals surface area (Å²) in [4.78, 5) is 16.0. The number of pyridine rings is 1. The van der Waals surface area contributed by atoms with Gasteiger partial charge in [-0.3, -0.25) is 9.78 Å². The van der Waals surface area contributed by atoms with Crippen LogP contribution in [-0.2, 0) is 13.0 Å². The van der Waals surface area contributed by atoms with E-state index in [1.54, 1.807) is 12.4 Å². The van der Waals surface area contributed by atoms with Gasteiger partial charge in [0.15, 0.2) is 0 Å². The lowest BCUT2D eigenvalue weighted by molar-refractivity contribution is 0.573. The summed E-state index contributed by atoms with van der Waals surface area (Å²) in [5, 5.41) is 7.14. The molecule has 3 N–H and O–H groups in total. The van der Waals surface area contributed by atoms with Crippen molar-refractivity contribution in [1.82, 2.24) is 14.8 Å². The lowest BCUT2D eigenvalue weighted by atomic mass is 10.3. The largest absolute Gasteiger partial charge is 0.382 e. The van der Waals surface area contributed by atoms with Crippen molar-refractivity contribution in [3.05, 3.63) is 52.7 Å². The molecule has 0 unspecified atom stereocenters. The standard InChI is InChI=1S/C13H17N5O/c14-5-7-16-12-9-13(19)18(17-10-12)8-4-11-3-1-2-6-15-11/h1-3,6,9-10,16H,4-5,7-8,14H2. The molecule has 0 saturated carbocycles. The van der Waals surface area contributed by atoms with E-state index in [1.165, 1.54) is 10.7 Å². The minimum absolute atomic E-state index is 0.127. The lowest BCUT2D eigenvalue weighted by Gasteiger charge is -2.07. The molecule has 2 rings (SSSR count). The molecule has 2 aromatic heterocycles. The Kier molecular flexibility index (Phi) is 4.63. The van der Waals surface area contributed by atoms with Gasteiger partial charge in [-0.25, -0.2) is 4.68 Å². The number of aromatic nitrogens is 3. The number of anilines is 1. The van der Waals surface area contributed by atoms with Crippen LogP contribution in [0.2, 0.25) is 0 Å². The predicted molar refractivity (Wildman–Crippen MR) is 74.0 cm³/mol. The Hall–Kier alpha value is -2.21. The zero-order valence-corrected chi connectivity index (χ0v) is 10.6. The van der Waals surface area contributed by atoms with Crippen LogP contribution in [-0.4, -0.2) is 27.9 Å². The molecular formula is C13H17N5O. The fraction of sp³-hybridized carbons (Fsp3) is 0.308. The molecule has 0 saturated heterocycles. The van der Waals surface area contributed by atoms with Gasteiger partial charge in [0.05, 0.1) is 18.4 Å². The fourth-order valence-electron chi connectivity index (χ4n) is 1.68. The fourth-order valence-corrected chi connectivity index (χ4v) is 1.68. The highest BCUT2D eigenvalue weighted by Crippen LogP contribution is 2.00. The zero-order chi connectivity index (χ0) is 13.5. The Labute approximate surface area is 111 Å². The van der Waals surface area contributed by atoms with Crippen LogP contribution in [0.4, 0.5) is 5.69 Å². The maximum atomic E-state index is 11.8. The molecule has 0 spiro atoms. The summed E-state index contributed by atoms with van der Waals surface area (Å²) in [6.07, 6.45) is 4.06. The van der Waals surface area contributed by atoms with Gasteiger partial charge < -0.3 is 11.1 Å². The minimum Gasteiger partial charge on any atom is -0.382 e. The van der Waals surface area contributed by atoms with Gasteiger partial charge in [0.25, 0.3) is 5.56 Å². The van der Waals surface area contributed by atoms with Crippen molar-refractivity contribution in [2.45, 2.75) is 13.0 Å². The molecule has 0 aliphatic carbocycles. The minimum atomic E-state index is -0.127. The molecule has 6 heteroatoms. The van der Waals surface area contributed by atoms with E-state index in [9.17, 15) is 4.79 Å². The highest BCUT2D eigenvalue weighted by Gasteiger charge is 2.01. The van der Waals surface area contributed by atoms with Crippen LogP contribution in [0.5, 0.6) is 0 Å². The summed E-state index contributed by atoms with van der Waals surface area (Å²) >= 11 is 0. The molecule has 19 heavy (non-hydrogen) atoms. The molecule has 0 aromatic carbocycles.